The Hall–Kier alpha value is -3.26. The van der Waals surface area contributed by atoms with Crippen molar-refractivity contribution in [2.24, 2.45) is 5.11 Å². The number of rotatable bonds is 11. The molecule has 140 valence electrons. The summed E-state index contributed by atoms with van der Waals surface area (Å²) < 4.78 is 10.6. The lowest BCUT2D eigenvalue weighted by Crippen LogP contribution is -2.51. The summed E-state index contributed by atoms with van der Waals surface area (Å²) in [5.41, 5.74) is 6.70. The first kappa shape index (κ1) is 20.8. The lowest BCUT2D eigenvalue weighted by atomic mass is 9.97. The van der Waals surface area contributed by atoms with E-state index in [0.717, 1.165) is 0 Å². The fourth-order valence-corrected chi connectivity index (χ4v) is 2.14. The third-order valence-corrected chi connectivity index (χ3v) is 3.71. The van der Waals surface area contributed by atoms with Crippen molar-refractivity contribution >= 4 is 17.7 Å². The molecule has 0 heterocycles. The van der Waals surface area contributed by atoms with Crippen LogP contribution in [0.5, 0.6) is 11.5 Å². The number of nitrogens with zero attached hydrogens (tertiary/aromatic N) is 3. The second-order valence-corrected chi connectivity index (χ2v) is 5.23. The minimum atomic E-state index is -1.64. The van der Waals surface area contributed by atoms with Gasteiger partial charge in [0.15, 0.2) is 17.3 Å². The number of carbonyl (C=O) groups excluding carboxylic acids is 3. The van der Waals surface area contributed by atoms with E-state index < -0.39 is 36.5 Å². The Bertz CT molecular complexity index is 737. The van der Waals surface area contributed by atoms with Gasteiger partial charge in [0, 0.05) is 10.5 Å². The Morgan fingerprint density at radius 1 is 1.19 bits per heavy atom. The summed E-state index contributed by atoms with van der Waals surface area (Å²) in [6, 6.07) is 3.78. The number of carbonyl (C=O) groups is 3. The Balaban J connectivity index is 3.28. The maximum Gasteiger partial charge on any atom is 0.168 e. The van der Waals surface area contributed by atoms with Crippen molar-refractivity contribution in [3.8, 4) is 11.5 Å². The van der Waals surface area contributed by atoms with E-state index in [1.165, 1.54) is 18.2 Å². The molecular weight excluding hydrogens is 346 g/mol. The van der Waals surface area contributed by atoms with E-state index >= 15 is 0 Å². The first-order valence-electron chi connectivity index (χ1n) is 7.70. The third-order valence-electron chi connectivity index (χ3n) is 3.71. The topological polar surface area (TPSA) is 165 Å². The molecule has 0 saturated carbocycles. The molecule has 1 aromatic rings. The minimum Gasteiger partial charge on any atom is -0.546 e. The van der Waals surface area contributed by atoms with Gasteiger partial charge in [-0.1, -0.05) is 19.0 Å². The van der Waals surface area contributed by atoms with E-state index in [4.69, 9.17) is 15.0 Å². The van der Waals surface area contributed by atoms with Crippen molar-refractivity contribution in [2.45, 2.75) is 32.3 Å². The summed E-state index contributed by atoms with van der Waals surface area (Å²) in [6.07, 6.45) is 0.173. The number of azide groups is 1. The number of hydrogen-bond acceptors (Lipinski definition) is 8. The Kier molecular flexibility index (Phi) is 7.42. The van der Waals surface area contributed by atoms with Gasteiger partial charge in [0.2, 0.25) is 0 Å². The summed E-state index contributed by atoms with van der Waals surface area (Å²) >= 11 is 0. The molecule has 0 aliphatic heterocycles. The Labute approximate surface area is 149 Å². The number of ketones is 1. The Morgan fingerprint density at radius 3 is 2.35 bits per heavy atom. The van der Waals surface area contributed by atoms with Crippen LogP contribution in [0.15, 0.2) is 23.3 Å². The molecule has 0 saturated heterocycles. The molecule has 10 nitrogen and oxygen atoms in total. The quantitative estimate of drug-likeness (QED) is 0.231. The Morgan fingerprint density at radius 2 is 1.85 bits per heavy atom. The molecule has 1 rings (SSSR count). The summed E-state index contributed by atoms with van der Waals surface area (Å²) in [5.74, 6) is -3.71. The van der Waals surface area contributed by atoms with Crippen molar-refractivity contribution in [2.75, 3.05) is 13.2 Å². The summed E-state index contributed by atoms with van der Waals surface area (Å²) in [6.45, 7) is 1.92. The van der Waals surface area contributed by atoms with Gasteiger partial charge in [0.25, 0.3) is 0 Å². The van der Waals surface area contributed by atoms with Gasteiger partial charge in [-0.2, -0.15) is 0 Å². The number of carboxylic acids is 2. The van der Waals surface area contributed by atoms with Gasteiger partial charge in [0.05, 0.1) is 18.5 Å². The largest absolute Gasteiger partial charge is 0.546 e. The molecule has 0 aliphatic carbocycles. The molecule has 0 aliphatic rings. The molecule has 0 radical (unpaired) electrons. The van der Waals surface area contributed by atoms with Crippen LogP contribution in [-0.4, -0.2) is 36.5 Å². The van der Waals surface area contributed by atoms with Gasteiger partial charge >= 0.3 is 0 Å². The van der Waals surface area contributed by atoms with Crippen molar-refractivity contribution in [3.63, 3.8) is 0 Å². The van der Waals surface area contributed by atoms with Crippen LogP contribution < -0.4 is 19.7 Å². The average Bonchev–Trinajstić information content (AvgIpc) is 2.62. The van der Waals surface area contributed by atoms with E-state index in [2.05, 4.69) is 10.0 Å². The molecule has 0 fully saturated rings. The van der Waals surface area contributed by atoms with Gasteiger partial charge in [-0.3, -0.25) is 4.79 Å². The van der Waals surface area contributed by atoms with Crippen molar-refractivity contribution in [1.82, 2.24) is 0 Å². The molecule has 0 aromatic heterocycles. The van der Waals surface area contributed by atoms with Crippen LogP contribution in [0.2, 0.25) is 0 Å². The lowest BCUT2D eigenvalue weighted by Gasteiger charge is -2.34. The predicted octanol–water partition coefficient (Wildman–Crippen LogP) is -0.00420. The number of hydrogen-bond donors (Lipinski definition) is 0. The van der Waals surface area contributed by atoms with Crippen LogP contribution in [0, 0.1) is 0 Å². The summed E-state index contributed by atoms with van der Waals surface area (Å²) in [4.78, 5) is 36.5. The summed E-state index contributed by atoms with van der Waals surface area (Å²) in [5, 5.41) is 25.3. The monoisotopic (exact) mass is 363 g/mol. The number of aliphatic carboxylic acids is 2. The van der Waals surface area contributed by atoms with Crippen molar-refractivity contribution in [1.29, 1.82) is 0 Å². The highest BCUT2D eigenvalue weighted by molar-refractivity contribution is 5.98. The van der Waals surface area contributed by atoms with Crippen LogP contribution in [0.4, 0.5) is 0 Å². The first-order valence-corrected chi connectivity index (χ1v) is 7.70. The third kappa shape index (κ3) is 5.12. The molecular formula is C16H17N3O7-2. The van der Waals surface area contributed by atoms with Crippen LogP contribution in [0.3, 0.4) is 0 Å². The van der Waals surface area contributed by atoms with Crippen LogP contribution in [0.1, 0.15) is 37.0 Å². The molecule has 0 bridgehead atoms. The average molecular weight is 363 g/mol. The number of carboxylic acid groups (broad SMARTS) is 2. The van der Waals surface area contributed by atoms with Gasteiger partial charge in [-0.05, 0) is 36.6 Å². The second-order valence-electron chi connectivity index (χ2n) is 5.23. The molecule has 10 heteroatoms. The molecule has 26 heavy (non-hydrogen) atoms. The minimum absolute atomic E-state index is 0.0699. The van der Waals surface area contributed by atoms with Gasteiger partial charge in [-0.15, -0.1) is 0 Å². The summed E-state index contributed by atoms with van der Waals surface area (Å²) in [7, 11) is 0. The molecule has 0 amide bonds. The smallest absolute Gasteiger partial charge is 0.168 e. The van der Waals surface area contributed by atoms with Crippen LogP contribution >= 0.6 is 0 Å². The highest BCUT2D eigenvalue weighted by Crippen LogP contribution is 2.34. The van der Waals surface area contributed by atoms with Crippen molar-refractivity contribution in [3.05, 3.63) is 34.2 Å². The van der Waals surface area contributed by atoms with E-state index in [-0.39, 0.29) is 29.9 Å². The maximum atomic E-state index is 11.9. The standard InChI is InChI=1S/C16H19N3O7/c1-3-16(4-2,15(23)24)26-12-6-5-10(11(20)8-18-19-17)7-13(12)25-9-14(21)22/h5-7H,3-4,8-9H2,1-2H3,(H,21,22)(H,23,24)/p-2. The fourth-order valence-electron chi connectivity index (χ4n) is 2.14. The molecule has 0 N–H and O–H groups in total. The van der Waals surface area contributed by atoms with Crippen LogP contribution in [0.25, 0.3) is 10.4 Å². The van der Waals surface area contributed by atoms with E-state index in [1.54, 1.807) is 13.8 Å². The highest BCUT2D eigenvalue weighted by Gasteiger charge is 2.31. The molecule has 0 spiro atoms. The predicted molar refractivity (Wildman–Crippen MR) is 84.2 cm³/mol. The van der Waals surface area contributed by atoms with Gasteiger partial charge in [0.1, 0.15) is 12.2 Å². The first-order chi connectivity index (χ1) is 12.3. The maximum absolute atomic E-state index is 11.9. The highest BCUT2D eigenvalue weighted by atomic mass is 16.6. The zero-order chi connectivity index (χ0) is 19.7. The molecule has 1 aromatic carbocycles. The molecule has 0 atom stereocenters. The van der Waals surface area contributed by atoms with Crippen molar-refractivity contribution < 1.29 is 34.1 Å². The zero-order valence-electron chi connectivity index (χ0n) is 14.3. The normalized spacial score (nSPS) is 10.5. The fraction of sp³-hybridized carbons (Fsp3) is 0.438. The van der Waals surface area contributed by atoms with Crippen LogP contribution in [-0.2, 0) is 9.59 Å². The second kappa shape index (κ2) is 9.28. The molecule has 0 unspecified atom stereocenters. The number of benzene rings is 1. The van der Waals surface area contributed by atoms with Gasteiger partial charge in [-0.25, -0.2) is 0 Å². The van der Waals surface area contributed by atoms with E-state index in [0.29, 0.717) is 0 Å². The zero-order valence-corrected chi connectivity index (χ0v) is 14.3. The SMILES string of the molecule is CCC(CC)(Oc1ccc(C(=O)CN=[N+]=[N-])cc1OCC(=O)[O-])C(=O)[O-]. The number of Topliss-reactive ketones (excluding diaryl/α,β-unsaturated/α-hetero) is 1. The van der Waals surface area contributed by atoms with Gasteiger partial charge < -0.3 is 29.3 Å². The van der Waals surface area contributed by atoms with E-state index in [1.807, 2.05) is 0 Å². The lowest BCUT2D eigenvalue weighted by molar-refractivity contribution is -0.323. The number of ether oxygens (including phenoxy) is 2. The van der Waals surface area contributed by atoms with E-state index in [9.17, 15) is 24.6 Å².